The van der Waals surface area contributed by atoms with Gasteiger partial charge >= 0.3 is 0 Å². The molecule has 0 heterocycles. The summed E-state index contributed by atoms with van der Waals surface area (Å²) < 4.78 is 5.41. The first-order chi connectivity index (χ1) is 8.01. The summed E-state index contributed by atoms with van der Waals surface area (Å²) in [6.07, 6.45) is 0.862. The van der Waals surface area contributed by atoms with E-state index in [0.29, 0.717) is 6.42 Å². The van der Waals surface area contributed by atoms with Crippen molar-refractivity contribution in [2.24, 2.45) is 5.73 Å². The molecule has 1 unspecified atom stereocenters. The highest BCUT2D eigenvalue weighted by molar-refractivity contribution is 6.31. The van der Waals surface area contributed by atoms with E-state index < -0.39 is 6.10 Å². The lowest BCUT2D eigenvalue weighted by Crippen LogP contribution is -2.20. The molecule has 4 heteroatoms. The molecule has 0 aromatic heterocycles. The summed E-state index contributed by atoms with van der Waals surface area (Å²) in [4.78, 5) is 0. The van der Waals surface area contributed by atoms with Crippen molar-refractivity contribution in [1.82, 2.24) is 0 Å². The Morgan fingerprint density at radius 2 is 2.12 bits per heavy atom. The van der Waals surface area contributed by atoms with Gasteiger partial charge in [0.15, 0.2) is 0 Å². The van der Waals surface area contributed by atoms with Gasteiger partial charge < -0.3 is 15.6 Å². The fourth-order valence-electron chi connectivity index (χ4n) is 1.93. The summed E-state index contributed by atoms with van der Waals surface area (Å²) in [5.74, 6) is 0.858. The number of aliphatic hydroxyl groups excluding tert-OH is 1. The number of ether oxygens (including phenoxy) is 1. The van der Waals surface area contributed by atoms with Crippen LogP contribution in [0.2, 0.25) is 5.02 Å². The van der Waals surface area contributed by atoms with Crippen LogP contribution in [0.4, 0.5) is 0 Å². The van der Waals surface area contributed by atoms with Crippen molar-refractivity contribution >= 4 is 11.6 Å². The minimum Gasteiger partial charge on any atom is -0.496 e. The largest absolute Gasteiger partial charge is 0.496 e. The van der Waals surface area contributed by atoms with Gasteiger partial charge in [-0.05, 0) is 49.4 Å². The molecule has 17 heavy (non-hydrogen) atoms. The minimum absolute atomic E-state index is 0.279. The third-order valence-corrected chi connectivity index (χ3v) is 3.38. The number of benzene rings is 1. The molecule has 0 bridgehead atoms. The number of aliphatic hydroxyl groups is 1. The molecule has 0 aliphatic carbocycles. The van der Waals surface area contributed by atoms with E-state index in [4.69, 9.17) is 22.1 Å². The number of halogens is 1. The van der Waals surface area contributed by atoms with E-state index in [2.05, 4.69) is 0 Å². The molecular weight excluding hydrogens is 238 g/mol. The summed E-state index contributed by atoms with van der Waals surface area (Å²) in [6, 6.07) is 1.90. The molecule has 1 aromatic carbocycles. The Hall–Kier alpha value is -0.770. The third kappa shape index (κ3) is 3.35. The lowest BCUT2D eigenvalue weighted by Gasteiger charge is -2.17. The molecule has 0 spiro atoms. The van der Waals surface area contributed by atoms with Gasteiger partial charge in [-0.25, -0.2) is 0 Å². The van der Waals surface area contributed by atoms with Crippen LogP contribution in [0.5, 0.6) is 5.75 Å². The standard InChI is InChI=1S/C13H20ClNO2/c1-8-6-12(14)9(2)11(13(8)17-3)5-4-10(16)7-15/h6,10,16H,4-5,7,15H2,1-3H3. The Balaban J connectivity index is 3.03. The highest BCUT2D eigenvalue weighted by atomic mass is 35.5. The van der Waals surface area contributed by atoms with E-state index in [1.165, 1.54) is 0 Å². The first kappa shape index (κ1) is 14.3. The van der Waals surface area contributed by atoms with Crippen LogP contribution in [0, 0.1) is 13.8 Å². The first-order valence-corrected chi connectivity index (χ1v) is 6.09. The van der Waals surface area contributed by atoms with Crippen molar-refractivity contribution in [2.45, 2.75) is 32.8 Å². The summed E-state index contributed by atoms with van der Waals surface area (Å²) in [6.45, 7) is 4.21. The van der Waals surface area contributed by atoms with E-state index in [0.717, 1.165) is 33.9 Å². The third-order valence-electron chi connectivity index (χ3n) is 2.99. The molecule has 3 N–H and O–H groups in total. The molecule has 0 aliphatic heterocycles. The van der Waals surface area contributed by atoms with Crippen LogP contribution < -0.4 is 10.5 Å². The number of hydrogen-bond acceptors (Lipinski definition) is 3. The van der Waals surface area contributed by atoms with Gasteiger partial charge in [-0.15, -0.1) is 0 Å². The fraction of sp³-hybridized carbons (Fsp3) is 0.538. The number of nitrogens with two attached hydrogens (primary N) is 1. The van der Waals surface area contributed by atoms with Crippen LogP contribution in [0.25, 0.3) is 0 Å². The summed E-state index contributed by atoms with van der Waals surface area (Å²) in [5.41, 5.74) is 8.48. The molecule has 0 fully saturated rings. The first-order valence-electron chi connectivity index (χ1n) is 5.72. The Labute approximate surface area is 108 Å². The average Bonchev–Trinajstić information content (AvgIpc) is 2.31. The van der Waals surface area contributed by atoms with Gasteiger partial charge in [0.1, 0.15) is 5.75 Å². The summed E-state index contributed by atoms with van der Waals surface area (Å²) in [7, 11) is 1.65. The van der Waals surface area contributed by atoms with E-state index in [1.807, 2.05) is 19.9 Å². The Bertz CT molecular complexity index is 393. The molecule has 0 saturated heterocycles. The van der Waals surface area contributed by atoms with Crippen LogP contribution in [-0.2, 0) is 6.42 Å². The molecule has 1 aromatic rings. The monoisotopic (exact) mass is 257 g/mol. The Kier molecular flexibility index (Phi) is 5.25. The van der Waals surface area contributed by atoms with Crippen LogP contribution in [0.3, 0.4) is 0 Å². The second kappa shape index (κ2) is 6.24. The predicted molar refractivity (Wildman–Crippen MR) is 70.9 cm³/mol. The second-order valence-electron chi connectivity index (χ2n) is 4.24. The van der Waals surface area contributed by atoms with Gasteiger partial charge in [0.25, 0.3) is 0 Å². The maximum atomic E-state index is 9.51. The molecule has 3 nitrogen and oxygen atoms in total. The van der Waals surface area contributed by atoms with E-state index in [1.54, 1.807) is 7.11 Å². The SMILES string of the molecule is COc1c(C)cc(Cl)c(C)c1CCC(O)CN. The predicted octanol–water partition coefficient (Wildman–Crippen LogP) is 2.22. The topological polar surface area (TPSA) is 55.5 Å². The molecule has 0 aliphatic rings. The minimum atomic E-state index is -0.474. The summed E-state index contributed by atoms with van der Waals surface area (Å²) >= 11 is 6.15. The Morgan fingerprint density at radius 3 is 2.65 bits per heavy atom. The maximum Gasteiger partial charge on any atom is 0.125 e. The van der Waals surface area contributed by atoms with Crippen molar-refractivity contribution in [1.29, 1.82) is 0 Å². The maximum absolute atomic E-state index is 9.51. The van der Waals surface area contributed by atoms with Crippen LogP contribution in [0.1, 0.15) is 23.1 Å². The van der Waals surface area contributed by atoms with E-state index >= 15 is 0 Å². The lowest BCUT2D eigenvalue weighted by atomic mass is 9.98. The number of aryl methyl sites for hydroxylation is 1. The quantitative estimate of drug-likeness (QED) is 0.851. The highest BCUT2D eigenvalue weighted by Gasteiger charge is 2.14. The van der Waals surface area contributed by atoms with Crippen LogP contribution >= 0.6 is 11.6 Å². The number of rotatable bonds is 5. The zero-order valence-corrected chi connectivity index (χ0v) is 11.3. The van der Waals surface area contributed by atoms with Gasteiger partial charge in [-0.2, -0.15) is 0 Å². The van der Waals surface area contributed by atoms with Crippen molar-refractivity contribution in [3.63, 3.8) is 0 Å². The van der Waals surface area contributed by atoms with Crippen molar-refractivity contribution in [3.05, 3.63) is 27.8 Å². The number of methoxy groups -OCH3 is 1. The molecule has 0 saturated carbocycles. The average molecular weight is 258 g/mol. The summed E-state index contributed by atoms with van der Waals surface area (Å²) in [5, 5.41) is 10.3. The van der Waals surface area contributed by atoms with Gasteiger partial charge in [-0.1, -0.05) is 11.6 Å². The van der Waals surface area contributed by atoms with Gasteiger partial charge in [0.05, 0.1) is 13.2 Å². The van der Waals surface area contributed by atoms with Gasteiger partial charge in [-0.3, -0.25) is 0 Å². The van der Waals surface area contributed by atoms with Gasteiger partial charge in [0.2, 0.25) is 0 Å². The second-order valence-corrected chi connectivity index (χ2v) is 4.65. The number of hydrogen-bond donors (Lipinski definition) is 2. The Morgan fingerprint density at radius 1 is 1.47 bits per heavy atom. The van der Waals surface area contributed by atoms with Crippen LogP contribution in [-0.4, -0.2) is 24.9 Å². The smallest absolute Gasteiger partial charge is 0.125 e. The zero-order chi connectivity index (χ0) is 13.0. The van der Waals surface area contributed by atoms with Crippen molar-refractivity contribution < 1.29 is 9.84 Å². The van der Waals surface area contributed by atoms with E-state index in [-0.39, 0.29) is 6.54 Å². The van der Waals surface area contributed by atoms with Crippen molar-refractivity contribution in [2.75, 3.05) is 13.7 Å². The highest BCUT2D eigenvalue weighted by Crippen LogP contribution is 2.32. The van der Waals surface area contributed by atoms with Gasteiger partial charge in [0, 0.05) is 11.6 Å². The molecule has 1 rings (SSSR count). The normalized spacial score (nSPS) is 12.6. The molecule has 0 amide bonds. The fourth-order valence-corrected chi connectivity index (χ4v) is 2.21. The molecule has 1 atom stereocenters. The molecule has 96 valence electrons. The molecule has 0 radical (unpaired) electrons. The zero-order valence-electron chi connectivity index (χ0n) is 10.6. The molecular formula is C13H20ClNO2. The lowest BCUT2D eigenvalue weighted by molar-refractivity contribution is 0.173. The van der Waals surface area contributed by atoms with E-state index in [9.17, 15) is 5.11 Å². The van der Waals surface area contributed by atoms with Crippen LogP contribution in [0.15, 0.2) is 6.07 Å². The van der Waals surface area contributed by atoms with Crippen molar-refractivity contribution in [3.8, 4) is 5.75 Å².